The summed E-state index contributed by atoms with van der Waals surface area (Å²) in [6, 6.07) is 41.6. The van der Waals surface area contributed by atoms with E-state index >= 15 is 0 Å². The summed E-state index contributed by atoms with van der Waals surface area (Å²) in [5.41, 5.74) is 5.10. The van der Waals surface area contributed by atoms with Crippen molar-refractivity contribution in [1.82, 2.24) is 0 Å². The molecule has 0 saturated carbocycles. The summed E-state index contributed by atoms with van der Waals surface area (Å²) >= 11 is 0. The molecule has 0 aromatic heterocycles. The van der Waals surface area contributed by atoms with Crippen molar-refractivity contribution in [2.24, 2.45) is 0 Å². The average Bonchev–Trinajstić information content (AvgIpc) is 2.71. The predicted molar refractivity (Wildman–Crippen MR) is 104 cm³/mol. The first-order valence-electron chi connectivity index (χ1n) is 8.14. The molecular weight excluding hydrogens is 339 g/mol. The Kier molecular flexibility index (Phi) is 7.79. The zero-order chi connectivity index (χ0) is 16.5. The minimum Gasteiger partial charge on any atom is -0.0622 e. The standard InChI is InChI=1S/2C12H10.V/c2*1-3-7-11(8-4-1)12-9-5-2-6-10-12;/h2*1-10H;. The Bertz CT molecular complexity index is 676. The van der Waals surface area contributed by atoms with Gasteiger partial charge in [0.2, 0.25) is 0 Å². The van der Waals surface area contributed by atoms with Gasteiger partial charge in [0.25, 0.3) is 0 Å². The zero-order valence-corrected chi connectivity index (χ0v) is 15.4. The van der Waals surface area contributed by atoms with Crippen molar-refractivity contribution in [3.63, 3.8) is 0 Å². The van der Waals surface area contributed by atoms with E-state index in [4.69, 9.17) is 0 Å². The van der Waals surface area contributed by atoms with E-state index in [2.05, 4.69) is 97.1 Å². The molecule has 0 amide bonds. The van der Waals surface area contributed by atoms with Gasteiger partial charge < -0.3 is 0 Å². The fourth-order valence-electron chi connectivity index (χ4n) is 2.52. The predicted octanol–water partition coefficient (Wildman–Crippen LogP) is 6.70. The smallest absolute Gasteiger partial charge is 0 e. The Hall–Kier alpha value is -2.54. The van der Waals surface area contributed by atoms with Gasteiger partial charge in [-0.1, -0.05) is 121 Å². The molecule has 0 atom stereocenters. The third kappa shape index (κ3) is 5.79. The van der Waals surface area contributed by atoms with Crippen molar-refractivity contribution < 1.29 is 18.6 Å². The van der Waals surface area contributed by atoms with Crippen LogP contribution in [0.1, 0.15) is 0 Å². The van der Waals surface area contributed by atoms with Gasteiger partial charge in [-0.25, -0.2) is 0 Å². The van der Waals surface area contributed by atoms with Gasteiger partial charge in [-0.05, 0) is 22.3 Å². The Labute approximate surface area is 162 Å². The third-order valence-electron chi connectivity index (χ3n) is 3.76. The second-order valence-electron chi connectivity index (χ2n) is 5.46. The molecule has 25 heavy (non-hydrogen) atoms. The van der Waals surface area contributed by atoms with Crippen molar-refractivity contribution in [1.29, 1.82) is 0 Å². The Balaban J connectivity index is 0.000000173. The van der Waals surface area contributed by atoms with E-state index in [0.29, 0.717) is 0 Å². The SMILES string of the molecule is [V].c1ccc(-c2ccccc2)cc1.c1ccc(-c2ccccc2)cc1. The summed E-state index contributed by atoms with van der Waals surface area (Å²) in [5.74, 6) is 0. The summed E-state index contributed by atoms with van der Waals surface area (Å²) in [6.45, 7) is 0. The third-order valence-corrected chi connectivity index (χ3v) is 3.76. The number of hydrogen-bond donors (Lipinski definition) is 0. The van der Waals surface area contributed by atoms with E-state index in [1.54, 1.807) is 0 Å². The van der Waals surface area contributed by atoms with E-state index in [-0.39, 0.29) is 18.6 Å². The van der Waals surface area contributed by atoms with Crippen LogP contribution < -0.4 is 0 Å². The van der Waals surface area contributed by atoms with Crippen LogP contribution >= 0.6 is 0 Å². The zero-order valence-electron chi connectivity index (χ0n) is 14.0. The van der Waals surface area contributed by atoms with Gasteiger partial charge >= 0.3 is 0 Å². The molecule has 4 aromatic carbocycles. The molecule has 0 nitrogen and oxygen atoms in total. The molecule has 0 fully saturated rings. The van der Waals surface area contributed by atoms with Gasteiger partial charge in [0.05, 0.1) is 0 Å². The second-order valence-corrected chi connectivity index (χ2v) is 5.46. The first kappa shape index (κ1) is 18.8. The fraction of sp³-hybridized carbons (Fsp3) is 0. The summed E-state index contributed by atoms with van der Waals surface area (Å²) in [6.07, 6.45) is 0. The van der Waals surface area contributed by atoms with Crippen LogP contribution in [0.4, 0.5) is 0 Å². The molecule has 0 aliphatic heterocycles. The average molecular weight is 359 g/mol. The van der Waals surface area contributed by atoms with Gasteiger partial charge in [-0.3, -0.25) is 0 Å². The molecule has 1 radical (unpaired) electrons. The Morgan fingerprint density at radius 1 is 0.240 bits per heavy atom. The molecule has 4 aromatic rings. The van der Waals surface area contributed by atoms with E-state index in [1.165, 1.54) is 22.3 Å². The van der Waals surface area contributed by atoms with Crippen LogP contribution in [0.5, 0.6) is 0 Å². The van der Waals surface area contributed by atoms with E-state index < -0.39 is 0 Å². The van der Waals surface area contributed by atoms with E-state index in [9.17, 15) is 0 Å². The maximum Gasteiger partial charge on any atom is 0 e. The van der Waals surface area contributed by atoms with Crippen LogP contribution in [0.15, 0.2) is 121 Å². The molecule has 4 rings (SSSR count). The molecule has 0 aliphatic carbocycles. The van der Waals surface area contributed by atoms with Crippen molar-refractivity contribution in [2.75, 3.05) is 0 Å². The van der Waals surface area contributed by atoms with Gasteiger partial charge in [0, 0.05) is 18.6 Å². The van der Waals surface area contributed by atoms with Crippen LogP contribution in [-0.4, -0.2) is 0 Å². The molecule has 0 N–H and O–H groups in total. The maximum absolute atomic E-state index is 2.12. The first-order chi connectivity index (χ1) is 11.9. The number of rotatable bonds is 2. The Morgan fingerprint density at radius 3 is 0.560 bits per heavy atom. The molecule has 0 unspecified atom stereocenters. The van der Waals surface area contributed by atoms with Crippen molar-refractivity contribution >= 4 is 0 Å². The molecule has 0 heterocycles. The largest absolute Gasteiger partial charge is 0.0622 e. The molecule has 0 spiro atoms. The van der Waals surface area contributed by atoms with Crippen LogP contribution in [0.3, 0.4) is 0 Å². The van der Waals surface area contributed by atoms with Crippen LogP contribution in [0.2, 0.25) is 0 Å². The fourth-order valence-corrected chi connectivity index (χ4v) is 2.52. The van der Waals surface area contributed by atoms with E-state index in [1.807, 2.05) is 24.3 Å². The first-order valence-corrected chi connectivity index (χ1v) is 8.14. The maximum atomic E-state index is 2.12. The Morgan fingerprint density at radius 2 is 0.400 bits per heavy atom. The molecule has 0 saturated heterocycles. The van der Waals surface area contributed by atoms with Gasteiger partial charge in [0.15, 0.2) is 0 Å². The number of benzene rings is 4. The van der Waals surface area contributed by atoms with E-state index in [0.717, 1.165) is 0 Å². The van der Waals surface area contributed by atoms with Crippen molar-refractivity contribution in [2.45, 2.75) is 0 Å². The summed E-state index contributed by atoms with van der Waals surface area (Å²) < 4.78 is 0. The minimum absolute atomic E-state index is 0. The molecule has 0 bridgehead atoms. The topological polar surface area (TPSA) is 0 Å². The van der Waals surface area contributed by atoms with Gasteiger partial charge in [0.1, 0.15) is 0 Å². The minimum atomic E-state index is 0. The van der Waals surface area contributed by atoms with Gasteiger partial charge in [-0.2, -0.15) is 0 Å². The molecular formula is C24H20V. The van der Waals surface area contributed by atoms with Crippen molar-refractivity contribution in [3.05, 3.63) is 121 Å². The van der Waals surface area contributed by atoms with Crippen LogP contribution in [0.25, 0.3) is 22.3 Å². The molecule has 1 heteroatoms. The van der Waals surface area contributed by atoms with Crippen molar-refractivity contribution in [3.8, 4) is 22.3 Å². The summed E-state index contributed by atoms with van der Waals surface area (Å²) in [7, 11) is 0. The summed E-state index contributed by atoms with van der Waals surface area (Å²) in [5, 5.41) is 0. The molecule has 121 valence electrons. The van der Waals surface area contributed by atoms with Crippen LogP contribution in [-0.2, 0) is 18.6 Å². The van der Waals surface area contributed by atoms with Gasteiger partial charge in [-0.15, -0.1) is 0 Å². The quantitative estimate of drug-likeness (QED) is 0.373. The molecule has 0 aliphatic rings. The summed E-state index contributed by atoms with van der Waals surface area (Å²) in [4.78, 5) is 0. The normalized spacial score (nSPS) is 9.28. The number of hydrogen-bond acceptors (Lipinski definition) is 0. The second kappa shape index (κ2) is 10.4. The van der Waals surface area contributed by atoms with Crippen LogP contribution in [0, 0.1) is 0 Å². The monoisotopic (exact) mass is 359 g/mol.